The van der Waals surface area contributed by atoms with Gasteiger partial charge in [-0.1, -0.05) is 48.2 Å². The number of ether oxygens (including phenoxy) is 1. The van der Waals surface area contributed by atoms with E-state index < -0.39 is 0 Å². The molecule has 1 amide bonds. The minimum absolute atomic E-state index is 0.0500. The fourth-order valence-electron chi connectivity index (χ4n) is 3.71. The number of nitrogens with one attached hydrogen (secondary N) is 1. The lowest BCUT2D eigenvalue weighted by Gasteiger charge is -2.26. The van der Waals surface area contributed by atoms with Crippen LogP contribution in [0.15, 0.2) is 84.3 Å². The van der Waals surface area contributed by atoms with Crippen LogP contribution in [0.2, 0.25) is 0 Å². The lowest BCUT2D eigenvalue weighted by Crippen LogP contribution is -2.33. The van der Waals surface area contributed by atoms with Crippen molar-refractivity contribution >= 4 is 17.7 Å². The van der Waals surface area contributed by atoms with E-state index in [2.05, 4.69) is 20.5 Å². The molecule has 1 aliphatic heterocycles. The smallest absolute Gasteiger partial charge is 0.230 e. The van der Waals surface area contributed by atoms with Gasteiger partial charge in [-0.2, -0.15) is 0 Å². The third-order valence-electron chi connectivity index (χ3n) is 5.19. The lowest BCUT2D eigenvalue weighted by atomic mass is 10.0. The summed E-state index contributed by atoms with van der Waals surface area (Å²) in [5.74, 6) is 1.70. The second kappa shape index (κ2) is 9.23. The second-order valence-electron chi connectivity index (χ2n) is 7.30. The van der Waals surface area contributed by atoms with Crippen LogP contribution in [0.5, 0.6) is 5.75 Å². The number of para-hydroxylation sites is 2. The fourth-order valence-corrected chi connectivity index (χ4v) is 4.48. The average Bonchev–Trinajstić information content (AvgIpc) is 3.28. The molecule has 0 bridgehead atoms. The molecule has 0 radical (unpaired) electrons. The third-order valence-corrected chi connectivity index (χ3v) is 6.12. The predicted molar refractivity (Wildman–Crippen MR) is 123 cm³/mol. The van der Waals surface area contributed by atoms with Crippen LogP contribution in [0.1, 0.15) is 18.0 Å². The Labute approximate surface area is 189 Å². The maximum absolute atomic E-state index is 12.8. The summed E-state index contributed by atoms with van der Waals surface area (Å²) in [6.07, 6.45) is 4.23. The number of carbonyl (C=O) groups excluding carboxylic acids is 1. The van der Waals surface area contributed by atoms with E-state index in [9.17, 15) is 4.79 Å². The third kappa shape index (κ3) is 4.22. The van der Waals surface area contributed by atoms with Crippen molar-refractivity contribution in [1.29, 1.82) is 0 Å². The molecule has 1 aliphatic rings. The largest absolute Gasteiger partial charge is 0.493 e. The molecule has 0 unspecified atom stereocenters. The molecular weight excluding hydrogens is 422 g/mol. The highest BCUT2D eigenvalue weighted by Crippen LogP contribution is 2.32. The Balaban J connectivity index is 1.35. The lowest BCUT2D eigenvalue weighted by molar-refractivity contribution is -0.119. The van der Waals surface area contributed by atoms with Crippen molar-refractivity contribution < 1.29 is 9.53 Å². The highest BCUT2D eigenvalue weighted by atomic mass is 32.2. The van der Waals surface area contributed by atoms with Crippen LogP contribution in [0.3, 0.4) is 0 Å². The topological polar surface area (TPSA) is 81.9 Å². The van der Waals surface area contributed by atoms with Crippen molar-refractivity contribution in [2.24, 2.45) is 0 Å². The fraction of sp³-hybridized carbons (Fsp3) is 0.167. The van der Waals surface area contributed by atoms with Gasteiger partial charge in [0, 0.05) is 35.6 Å². The van der Waals surface area contributed by atoms with Gasteiger partial charge in [-0.05, 0) is 30.3 Å². The van der Waals surface area contributed by atoms with Crippen LogP contribution in [0.4, 0.5) is 0 Å². The van der Waals surface area contributed by atoms with Crippen LogP contribution >= 0.6 is 11.8 Å². The molecule has 0 fully saturated rings. The van der Waals surface area contributed by atoms with E-state index in [1.165, 1.54) is 11.8 Å². The average molecular weight is 444 g/mol. The zero-order valence-corrected chi connectivity index (χ0v) is 18.0. The van der Waals surface area contributed by atoms with Gasteiger partial charge in [0.2, 0.25) is 5.91 Å². The first-order valence-electron chi connectivity index (χ1n) is 10.3. The summed E-state index contributed by atoms with van der Waals surface area (Å²) < 4.78 is 7.65. The zero-order chi connectivity index (χ0) is 21.8. The number of fused-ring (bicyclic) bond motifs is 1. The molecule has 7 nitrogen and oxygen atoms in total. The summed E-state index contributed by atoms with van der Waals surface area (Å²) in [5, 5.41) is 12.5. The van der Waals surface area contributed by atoms with Gasteiger partial charge < -0.3 is 10.1 Å². The Morgan fingerprint density at radius 1 is 1.06 bits per heavy atom. The van der Waals surface area contributed by atoms with Crippen molar-refractivity contribution in [3.63, 3.8) is 0 Å². The molecule has 0 aliphatic carbocycles. The molecule has 160 valence electrons. The first kappa shape index (κ1) is 20.3. The summed E-state index contributed by atoms with van der Waals surface area (Å²) in [6, 6.07) is 21.5. The van der Waals surface area contributed by atoms with Crippen LogP contribution in [-0.4, -0.2) is 38.0 Å². The predicted octanol–water partition coefficient (Wildman–Crippen LogP) is 4.06. The number of aromatic nitrogens is 4. The molecule has 4 aromatic rings. The SMILES string of the molecule is O=C(CSc1nnc(-c2cccnc2)n1-c1ccccc1)N[C@H]1CCOc2ccccc21. The van der Waals surface area contributed by atoms with Gasteiger partial charge in [-0.25, -0.2) is 0 Å². The second-order valence-corrected chi connectivity index (χ2v) is 8.25. The Bertz CT molecular complexity index is 1210. The molecule has 0 saturated carbocycles. The maximum Gasteiger partial charge on any atom is 0.230 e. The number of thioether (sulfide) groups is 1. The highest BCUT2D eigenvalue weighted by molar-refractivity contribution is 7.99. The summed E-state index contributed by atoms with van der Waals surface area (Å²) in [7, 11) is 0. The van der Waals surface area contributed by atoms with Crippen LogP contribution in [-0.2, 0) is 4.79 Å². The minimum Gasteiger partial charge on any atom is -0.493 e. The number of nitrogens with zero attached hydrogens (tertiary/aromatic N) is 4. The maximum atomic E-state index is 12.8. The molecule has 32 heavy (non-hydrogen) atoms. The van der Waals surface area contributed by atoms with Gasteiger partial charge in [0.05, 0.1) is 18.4 Å². The van der Waals surface area contributed by atoms with Crippen molar-refractivity contribution in [2.45, 2.75) is 17.6 Å². The van der Waals surface area contributed by atoms with E-state index >= 15 is 0 Å². The molecule has 0 saturated heterocycles. The van der Waals surface area contributed by atoms with Crippen molar-refractivity contribution in [3.05, 3.63) is 84.7 Å². The minimum atomic E-state index is -0.0535. The summed E-state index contributed by atoms with van der Waals surface area (Å²) in [6.45, 7) is 0.589. The molecule has 5 rings (SSSR count). The van der Waals surface area contributed by atoms with Gasteiger partial charge in [-0.15, -0.1) is 10.2 Å². The molecule has 8 heteroatoms. The molecule has 1 atom stereocenters. The van der Waals surface area contributed by atoms with Crippen LogP contribution in [0.25, 0.3) is 17.1 Å². The zero-order valence-electron chi connectivity index (χ0n) is 17.2. The Kier molecular flexibility index (Phi) is 5.85. The number of carbonyl (C=O) groups is 1. The monoisotopic (exact) mass is 443 g/mol. The van der Waals surface area contributed by atoms with Gasteiger partial charge in [0.15, 0.2) is 11.0 Å². The Morgan fingerprint density at radius 2 is 1.91 bits per heavy atom. The molecular formula is C24H21N5O2S. The van der Waals surface area contributed by atoms with E-state index in [4.69, 9.17) is 4.74 Å². The normalized spacial score (nSPS) is 14.9. The van der Waals surface area contributed by atoms with Crippen molar-refractivity contribution in [3.8, 4) is 22.8 Å². The van der Waals surface area contributed by atoms with Crippen molar-refractivity contribution in [1.82, 2.24) is 25.1 Å². The Morgan fingerprint density at radius 3 is 2.75 bits per heavy atom. The summed E-state index contributed by atoms with van der Waals surface area (Å²) >= 11 is 1.36. The summed E-state index contributed by atoms with van der Waals surface area (Å²) in [4.78, 5) is 17.0. The highest BCUT2D eigenvalue weighted by Gasteiger charge is 2.23. The number of hydrogen-bond donors (Lipinski definition) is 1. The van der Waals surface area contributed by atoms with E-state index in [0.717, 1.165) is 29.0 Å². The Hall–Kier alpha value is -3.65. The van der Waals surface area contributed by atoms with E-state index in [-0.39, 0.29) is 17.7 Å². The quantitative estimate of drug-likeness (QED) is 0.453. The van der Waals surface area contributed by atoms with E-state index in [1.54, 1.807) is 12.4 Å². The van der Waals surface area contributed by atoms with Gasteiger partial charge in [-0.3, -0.25) is 14.3 Å². The molecule has 2 aromatic heterocycles. The van der Waals surface area contributed by atoms with Gasteiger partial charge in [0.1, 0.15) is 5.75 Å². The number of amides is 1. The molecule has 0 spiro atoms. The standard InChI is InChI=1S/C24H21N5O2S/c30-22(26-20-12-14-31-21-11-5-4-10-19(20)21)16-32-24-28-27-23(17-7-6-13-25-15-17)29(24)18-8-2-1-3-9-18/h1-11,13,15,20H,12,14,16H2,(H,26,30)/t20-/m0/s1. The molecule has 1 N–H and O–H groups in total. The molecule has 3 heterocycles. The number of benzene rings is 2. The van der Waals surface area contributed by atoms with Gasteiger partial charge in [0.25, 0.3) is 0 Å². The van der Waals surface area contributed by atoms with Gasteiger partial charge >= 0.3 is 0 Å². The molecule has 2 aromatic carbocycles. The number of pyridine rings is 1. The van der Waals surface area contributed by atoms with Crippen LogP contribution in [0, 0.1) is 0 Å². The number of hydrogen-bond acceptors (Lipinski definition) is 6. The summed E-state index contributed by atoms with van der Waals surface area (Å²) in [5.41, 5.74) is 2.81. The van der Waals surface area contributed by atoms with Crippen LogP contribution < -0.4 is 10.1 Å². The van der Waals surface area contributed by atoms with Crippen molar-refractivity contribution in [2.75, 3.05) is 12.4 Å². The first-order chi connectivity index (χ1) is 15.8. The van der Waals surface area contributed by atoms with E-state index in [0.29, 0.717) is 17.6 Å². The first-order valence-corrected chi connectivity index (χ1v) is 11.3. The number of rotatable bonds is 6. The van der Waals surface area contributed by atoms with E-state index in [1.807, 2.05) is 71.3 Å².